The number of amides is 1. The summed E-state index contributed by atoms with van der Waals surface area (Å²) in [5, 5.41) is 4.60. The number of rotatable bonds is 7. The van der Waals surface area contributed by atoms with Crippen LogP contribution in [-0.4, -0.2) is 45.3 Å². The molecule has 0 aromatic heterocycles. The molecule has 0 aliphatic carbocycles. The lowest BCUT2D eigenvalue weighted by atomic mass is 10.3. The summed E-state index contributed by atoms with van der Waals surface area (Å²) in [7, 11) is 1.88. The van der Waals surface area contributed by atoms with Gasteiger partial charge in [-0.2, -0.15) is 13.2 Å². The molecule has 112 valence electrons. The number of hydrogen-bond acceptors (Lipinski definition) is 3. The fraction of sp³-hybridized carbons (Fsp3) is 0.462. The highest BCUT2D eigenvalue weighted by molar-refractivity contribution is 5.78. The number of anilines is 1. The largest absolute Gasteiger partial charge is 0.401 e. The molecule has 0 fully saturated rings. The first-order chi connectivity index (χ1) is 9.38. The van der Waals surface area contributed by atoms with Crippen LogP contribution in [0.25, 0.3) is 0 Å². The molecule has 0 radical (unpaired) electrons. The highest BCUT2D eigenvalue weighted by atomic mass is 19.4. The normalized spacial score (nSPS) is 11.2. The van der Waals surface area contributed by atoms with Crippen molar-refractivity contribution in [3.05, 3.63) is 30.3 Å². The molecule has 0 unspecified atom stereocenters. The molecule has 1 aromatic carbocycles. The van der Waals surface area contributed by atoms with Crippen molar-refractivity contribution < 1.29 is 18.0 Å². The van der Waals surface area contributed by atoms with E-state index in [2.05, 4.69) is 5.32 Å². The molecule has 1 aromatic rings. The molecule has 0 aliphatic heterocycles. The average Bonchev–Trinajstić information content (AvgIpc) is 2.38. The Kier molecular flexibility index (Phi) is 6.30. The van der Waals surface area contributed by atoms with Crippen LogP contribution in [0.15, 0.2) is 30.3 Å². The van der Waals surface area contributed by atoms with Gasteiger partial charge in [0, 0.05) is 25.8 Å². The first kappa shape index (κ1) is 16.3. The number of nitrogens with one attached hydrogen (secondary N) is 2. The van der Waals surface area contributed by atoms with Crippen molar-refractivity contribution in [2.45, 2.75) is 6.18 Å². The fourth-order valence-corrected chi connectivity index (χ4v) is 1.55. The van der Waals surface area contributed by atoms with Crippen molar-refractivity contribution in [2.75, 3.05) is 38.1 Å². The number of likely N-dealkylation sites (N-methyl/N-ethyl adjacent to an activating group) is 1. The van der Waals surface area contributed by atoms with Gasteiger partial charge in [0.15, 0.2) is 0 Å². The molecular formula is C13H18F3N3O. The number of alkyl halides is 3. The number of carbonyl (C=O) groups is 1. The molecular weight excluding hydrogens is 271 g/mol. The zero-order chi connectivity index (χ0) is 15.0. The van der Waals surface area contributed by atoms with Crippen LogP contribution in [-0.2, 0) is 4.79 Å². The van der Waals surface area contributed by atoms with E-state index >= 15 is 0 Å². The predicted molar refractivity (Wildman–Crippen MR) is 71.6 cm³/mol. The molecule has 0 atom stereocenters. The molecule has 0 aliphatic rings. The zero-order valence-electron chi connectivity index (χ0n) is 11.2. The lowest BCUT2D eigenvalue weighted by molar-refractivity contribution is -0.128. The summed E-state index contributed by atoms with van der Waals surface area (Å²) >= 11 is 0. The second-order valence-electron chi connectivity index (χ2n) is 4.33. The summed E-state index contributed by atoms with van der Waals surface area (Å²) in [5.41, 5.74) is 1.01. The summed E-state index contributed by atoms with van der Waals surface area (Å²) in [4.78, 5) is 13.2. The van der Waals surface area contributed by atoms with Gasteiger partial charge in [-0.15, -0.1) is 0 Å². The maximum absolute atomic E-state index is 11.9. The molecule has 0 heterocycles. The Morgan fingerprint density at radius 2 is 1.90 bits per heavy atom. The first-order valence-corrected chi connectivity index (χ1v) is 6.19. The molecule has 4 nitrogen and oxygen atoms in total. The van der Waals surface area contributed by atoms with Crippen molar-refractivity contribution in [3.8, 4) is 0 Å². The van der Waals surface area contributed by atoms with Crippen molar-refractivity contribution >= 4 is 11.6 Å². The molecule has 0 saturated carbocycles. The molecule has 2 N–H and O–H groups in total. The quantitative estimate of drug-likeness (QED) is 0.797. The second-order valence-corrected chi connectivity index (χ2v) is 4.33. The van der Waals surface area contributed by atoms with Crippen molar-refractivity contribution in [1.82, 2.24) is 10.6 Å². The van der Waals surface area contributed by atoms with Gasteiger partial charge in [0.05, 0.1) is 13.1 Å². The maximum atomic E-state index is 11.9. The Hall–Kier alpha value is -1.76. The Bertz CT molecular complexity index is 409. The van der Waals surface area contributed by atoms with Gasteiger partial charge in [-0.3, -0.25) is 4.79 Å². The van der Waals surface area contributed by atoms with E-state index in [1.165, 1.54) is 0 Å². The highest BCUT2D eigenvalue weighted by Crippen LogP contribution is 2.11. The third-order valence-corrected chi connectivity index (χ3v) is 2.58. The van der Waals surface area contributed by atoms with E-state index < -0.39 is 18.6 Å². The first-order valence-electron chi connectivity index (χ1n) is 6.19. The lowest BCUT2D eigenvalue weighted by Crippen LogP contribution is -2.40. The summed E-state index contributed by atoms with van der Waals surface area (Å²) in [6, 6.07) is 9.60. The monoisotopic (exact) mass is 289 g/mol. The van der Waals surface area contributed by atoms with Gasteiger partial charge >= 0.3 is 6.18 Å². The SMILES string of the molecule is CN(CCNC(=O)CNCC(F)(F)F)c1ccccc1. The van der Waals surface area contributed by atoms with Gasteiger partial charge in [0.2, 0.25) is 5.91 Å². The van der Waals surface area contributed by atoms with Crippen LogP contribution in [0.5, 0.6) is 0 Å². The average molecular weight is 289 g/mol. The molecule has 0 spiro atoms. The van der Waals surface area contributed by atoms with Crippen LogP contribution in [0, 0.1) is 0 Å². The number of halogens is 3. The van der Waals surface area contributed by atoms with Gasteiger partial charge in [-0.1, -0.05) is 18.2 Å². The molecule has 20 heavy (non-hydrogen) atoms. The smallest absolute Gasteiger partial charge is 0.373 e. The van der Waals surface area contributed by atoms with Crippen LogP contribution in [0.3, 0.4) is 0 Å². The minimum Gasteiger partial charge on any atom is -0.373 e. The molecule has 0 bridgehead atoms. The van der Waals surface area contributed by atoms with Crippen LogP contribution in [0.2, 0.25) is 0 Å². The van der Waals surface area contributed by atoms with E-state index in [0.29, 0.717) is 13.1 Å². The Labute approximate surface area is 116 Å². The minimum atomic E-state index is -4.30. The van der Waals surface area contributed by atoms with Crippen LogP contribution in [0.1, 0.15) is 0 Å². The van der Waals surface area contributed by atoms with Crippen molar-refractivity contribution in [3.63, 3.8) is 0 Å². The topological polar surface area (TPSA) is 44.4 Å². The summed E-state index contributed by atoms with van der Waals surface area (Å²) in [6.45, 7) is -0.550. The second kappa shape index (κ2) is 7.74. The third kappa shape index (κ3) is 6.98. The van der Waals surface area contributed by atoms with E-state index in [1.54, 1.807) is 0 Å². The van der Waals surface area contributed by atoms with E-state index in [9.17, 15) is 18.0 Å². The van der Waals surface area contributed by atoms with Gasteiger partial charge in [-0.25, -0.2) is 0 Å². The molecule has 1 amide bonds. The van der Waals surface area contributed by atoms with Crippen LogP contribution >= 0.6 is 0 Å². The van der Waals surface area contributed by atoms with Crippen LogP contribution < -0.4 is 15.5 Å². The number of benzene rings is 1. The van der Waals surface area contributed by atoms with Gasteiger partial charge < -0.3 is 15.5 Å². The summed E-state index contributed by atoms with van der Waals surface area (Å²) in [6.07, 6.45) is -4.30. The summed E-state index contributed by atoms with van der Waals surface area (Å²) in [5.74, 6) is -0.448. The highest BCUT2D eigenvalue weighted by Gasteiger charge is 2.26. The van der Waals surface area contributed by atoms with E-state index in [1.807, 2.05) is 47.6 Å². The van der Waals surface area contributed by atoms with Gasteiger partial charge in [-0.05, 0) is 12.1 Å². The Morgan fingerprint density at radius 1 is 1.25 bits per heavy atom. The third-order valence-electron chi connectivity index (χ3n) is 2.58. The van der Waals surface area contributed by atoms with Gasteiger partial charge in [0.1, 0.15) is 0 Å². The van der Waals surface area contributed by atoms with Gasteiger partial charge in [0.25, 0.3) is 0 Å². The standard InChI is InChI=1S/C13H18F3N3O/c1-19(11-5-3-2-4-6-11)8-7-18-12(20)9-17-10-13(14,15)16/h2-6,17H,7-10H2,1H3,(H,18,20). The summed E-state index contributed by atoms with van der Waals surface area (Å²) < 4.78 is 35.6. The number of carbonyl (C=O) groups excluding carboxylic acids is 1. The van der Waals surface area contributed by atoms with E-state index in [0.717, 1.165) is 5.69 Å². The van der Waals surface area contributed by atoms with Crippen LogP contribution in [0.4, 0.5) is 18.9 Å². The van der Waals surface area contributed by atoms with Crippen molar-refractivity contribution in [1.29, 1.82) is 0 Å². The number of hydrogen-bond donors (Lipinski definition) is 2. The Morgan fingerprint density at radius 3 is 2.50 bits per heavy atom. The fourth-order valence-electron chi connectivity index (χ4n) is 1.55. The lowest BCUT2D eigenvalue weighted by Gasteiger charge is -2.19. The Balaban J connectivity index is 2.16. The minimum absolute atomic E-state index is 0.339. The predicted octanol–water partition coefficient (Wildman–Crippen LogP) is 1.39. The van der Waals surface area contributed by atoms with E-state index in [4.69, 9.17) is 0 Å². The van der Waals surface area contributed by atoms with E-state index in [-0.39, 0.29) is 6.54 Å². The zero-order valence-corrected chi connectivity index (χ0v) is 11.2. The number of para-hydroxylation sites is 1. The molecule has 1 rings (SSSR count). The van der Waals surface area contributed by atoms with Crippen molar-refractivity contribution in [2.24, 2.45) is 0 Å². The number of nitrogens with zero attached hydrogens (tertiary/aromatic N) is 1. The maximum Gasteiger partial charge on any atom is 0.401 e. The molecule has 7 heteroatoms. The molecule has 0 saturated heterocycles.